The van der Waals surface area contributed by atoms with Gasteiger partial charge in [0.05, 0.1) is 6.10 Å². The number of guanidine groups is 1. The third kappa shape index (κ3) is 3.58. The van der Waals surface area contributed by atoms with E-state index in [0.717, 1.165) is 23.5 Å². The summed E-state index contributed by atoms with van der Waals surface area (Å²) in [6, 6.07) is 9.59. The lowest BCUT2D eigenvalue weighted by atomic mass is 9.57. The predicted octanol–water partition coefficient (Wildman–Crippen LogP) is 3.90. The zero-order valence-corrected chi connectivity index (χ0v) is 18.9. The normalized spacial score (nSPS) is 35.2. The Hall–Kier alpha value is -0.340. The van der Waals surface area contributed by atoms with Crippen molar-refractivity contribution in [3.8, 4) is 0 Å². The molecule has 6 heteroatoms. The van der Waals surface area contributed by atoms with Gasteiger partial charge in [-0.3, -0.25) is 4.99 Å². The second-order valence-corrected chi connectivity index (χ2v) is 8.82. The minimum atomic E-state index is 0. The molecule has 1 aromatic carbocycles. The van der Waals surface area contributed by atoms with Crippen LogP contribution in [0.15, 0.2) is 33.7 Å². The first kappa shape index (κ1) is 19.4. The Morgan fingerprint density at radius 1 is 1.24 bits per heavy atom. The molecule has 0 amide bonds. The fourth-order valence-electron chi connectivity index (χ4n) is 4.54. The molecule has 5 unspecified atom stereocenters. The molecule has 25 heavy (non-hydrogen) atoms. The van der Waals surface area contributed by atoms with Gasteiger partial charge in [-0.05, 0) is 30.5 Å². The topological polar surface area (TPSA) is 45.7 Å². The van der Waals surface area contributed by atoms with Gasteiger partial charge in [-0.1, -0.05) is 41.9 Å². The smallest absolute Gasteiger partial charge is 0.191 e. The van der Waals surface area contributed by atoms with Gasteiger partial charge in [0.25, 0.3) is 0 Å². The highest BCUT2D eigenvalue weighted by molar-refractivity contribution is 14.0. The molecule has 2 aliphatic carbocycles. The van der Waals surface area contributed by atoms with Crippen molar-refractivity contribution in [2.75, 3.05) is 13.7 Å². The largest absolute Gasteiger partial charge is 0.377 e. The summed E-state index contributed by atoms with van der Waals surface area (Å²) in [6.45, 7) is 5.50. The Morgan fingerprint density at radius 2 is 1.96 bits per heavy atom. The van der Waals surface area contributed by atoms with Crippen LogP contribution in [0.5, 0.6) is 0 Å². The van der Waals surface area contributed by atoms with Crippen molar-refractivity contribution < 1.29 is 4.74 Å². The maximum absolute atomic E-state index is 5.89. The summed E-state index contributed by atoms with van der Waals surface area (Å²) in [5.41, 5.74) is 1.58. The number of nitrogens with one attached hydrogen (secondary N) is 2. The van der Waals surface area contributed by atoms with E-state index in [4.69, 9.17) is 4.74 Å². The summed E-state index contributed by atoms with van der Waals surface area (Å²) in [5.74, 6) is 2.15. The number of hydrogen-bond acceptors (Lipinski definition) is 2. The molecule has 4 nitrogen and oxygen atoms in total. The third-order valence-electron chi connectivity index (χ3n) is 6.03. The number of benzene rings is 1. The van der Waals surface area contributed by atoms with E-state index in [1.54, 1.807) is 0 Å². The van der Waals surface area contributed by atoms with Gasteiger partial charge >= 0.3 is 0 Å². The van der Waals surface area contributed by atoms with E-state index in [1.165, 1.54) is 12.0 Å². The van der Waals surface area contributed by atoms with Crippen molar-refractivity contribution in [3.63, 3.8) is 0 Å². The third-order valence-corrected chi connectivity index (χ3v) is 6.56. The second-order valence-electron chi connectivity index (χ2n) is 7.90. The van der Waals surface area contributed by atoms with E-state index in [2.05, 4.69) is 69.7 Å². The fraction of sp³-hybridized carbons (Fsp3) is 0.632. The van der Waals surface area contributed by atoms with Gasteiger partial charge in [0.1, 0.15) is 0 Å². The Balaban J connectivity index is 0.00000182. The molecule has 3 aliphatic rings. The van der Waals surface area contributed by atoms with Crippen LogP contribution in [0.4, 0.5) is 0 Å². The van der Waals surface area contributed by atoms with Gasteiger partial charge in [-0.2, -0.15) is 0 Å². The maximum Gasteiger partial charge on any atom is 0.191 e. The zero-order chi connectivity index (χ0) is 16.9. The van der Waals surface area contributed by atoms with Crippen LogP contribution < -0.4 is 10.6 Å². The molecule has 0 bridgehead atoms. The highest BCUT2D eigenvalue weighted by Crippen LogP contribution is 2.52. The number of aliphatic imine (C=N–C) groups is 1. The molecule has 1 aromatic rings. The van der Waals surface area contributed by atoms with E-state index < -0.39 is 0 Å². The minimum Gasteiger partial charge on any atom is -0.377 e. The molecule has 5 atom stereocenters. The maximum atomic E-state index is 5.89. The van der Waals surface area contributed by atoms with Crippen LogP contribution in [0.3, 0.4) is 0 Å². The van der Waals surface area contributed by atoms with Crippen molar-refractivity contribution in [2.24, 2.45) is 16.3 Å². The average molecular weight is 520 g/mol. The van der Waals surface area contributed by atoms with E-state index in [-0.39, 0.29) is 29.4 Å². The summed E-state index contributed by atoms with van der Waals surface area (Å²) >= 11 is 3.50. The van der Waals surface area contributed by atoms with Crippen LogP contribution in [0.25, 0.3) is 0 Å². The number of nitrogens with zero attached hydrogens (tertiary/aromatic N) is 1. The summed E-state index contributed by atoms with van der Waals surface area (Å²) < 4.78 is 7.02. The van der Waals surface area contributed by atoms with Crippen LogP contribution in [-0.4, -0.2) is 37.8 Å². The molecule has 2 saturated carbocycles. The predicted molar refractivity (Wildman–Crippen MR) is 116 cm³/mol. The van der Waals surface area contributed by atoms with Crippen molar-refractivity contribution >= 4 is 45.9 Å². The van der Waals surface area contributed by atoms with Gasteiger partial charge in [0.2, 0.25) is 0 Å². The average Bonchev–Trinajstić information content (AvgIpc) is 3.17. The molecule has 0 radical (unpaired) electrons. The second kappa shape index (κ2) is 7.35. The van der Waals surface area contributed by atoms with Crippen LogP contribution >= 0.6 is 39.9 Å². The molecule has 1 heterocycles. The van der Waals surface area contributed by atoms with Gasteiger partial charge in [-0.15, -0.1) is 24.0 Å². The number of halogens is 2. The molecule has 0 spiro atoms. The van der Waals surface area contributed by atoms with Crippen molar-refractivity contribution in [1.82, 2.24) is 10.6 Å². The molecule has 4 rings (SSSR count). The molecule has 138 valence electrons. The lowest BCUT2D eigenvalue weighted by Gasteiger charge is -2.54. The molecule has 3 fully saturated rings. The summed E-state index contributed by atoms with van der Waals surface area (Å²) in [4.78, 5) is 4.46. The van der Waals surface area contributed by atoms with E-state index in [0.29, 0.717) is 30.0 Å². The van der Waals surface area contributed by atoms with Crippen LogP contribution in [0.2, 0.25) is 0 Å². The number of hydrogen-bond donors (Lipinski definition) is 2. The lowest BCUT2D eigenvalue weighted by Crippen LogP contribution is -2.68. The van der Waals surface area contributed by atoms with Crippen LogP contribution in [0, 0.1) is 11.3 Å². The molecule has 0 aromatic heterocycles. The molecule has 1 saturated heterocycles. The van der Waals surface area contributed by atoms with Crippen LogP contribution in [-0.2, 0) is 4.74 Å². The summed E-state index contributed by atoms with van der Waals surface area (Å²) in [7, 11) is 1.86. The first-order valence-electron chi connectivity index (χ1n) is 8.87. The zero-order valence-electron chi connectivity index (χ0n) is 15.0. The van der Waals surface area contributed by atoms with Gasteiger partial charge in [-0.25, -0.2) is 0 Å². The minimum absolute atomic E-state index is 0. The fourth-order valence-corrected chi connectivity index (χ4v) is 4.81. The lowest BCUT2D eigenvalue weighted by molar-refractivity contribution is -0.106. The molecule has 1 aliphatic heterocycles. The van der Waals surface area contributed by atoms with Gasteiger partial charge < -0.3 is 15.4 Å². The molecule has 2 N–H and O–H groups in total. The first-order chi connectivity index (χ1) is 11.5. The monoisotopic (exact) mass is 519 g/mol. The Bertz CT molecular complexity index is 649. The van der Waals surface area contributed by atoms with E-state index in [1.807, 2.05) is 7.05 Å². The highest BCUT2D eigenvalue weighted by atomic mass is 127. The van der Waals surface area contributed by atoms with Gasteiger partial charge in [0, 0.05) is 47.5 Å². The summed E-state index contributed by atoms with van der Waals surface area (Å²) in [6.07, 6.45) is 2.74. The molecular weight excluding hydrogens is 493 g/mol. The Morgan fingerprint density at radius 3 is 2.64 bits per heavy atom. The van der Waals surface area contributed by atoms with Crippen molar-refractivity contribution in [1.29, 1.82) is 0 Å². The first-order valence-corrected chi connectivity index (χ1v) is 9.67. The number of rotatable bonds is 3. The number of fused-ring (bicyclic) bond motifs is 1. The summed E-state index contributed by atoms with van der Waals surface area (Å²) in [5, 5.41) is 7.28. The van der Waals surface area contributed by atoms with Crippen LogP contribution in [0.1, 0.15) is 38.2 Å². The Labute approximate surface area is 175 Å². The highest BCUT2D eigenvalue weighted by Gasteiger charge is 2.59. The quantitative estimate of drug-likeness (QED) is 0.361. The molecular formula is C19H27BrIN3O. The van der Waals surface area contributed by atoms with Crippen molar-refractivity contribution in [2.45, 2.75) is 50.8 Å². The van der Waals surface area contributed by atoms with E-state index >= 15 is 0 Å². The number of ether oxygens (including phenoxy) is 1. The van der Waals surface area contributed by atoms with Crippen molar-refractivity contribution in [3.05, 3.63) is 34.3 Å². The SMILES string of the molecule is CN=C(NC1CC1c1ccc(Br)cc1)NC1C2CCOC2C1(C)C.I. The van der Waals surface area contributed by atoms with E-state index in [9.17, 15) is 0 Å². The standard InChI is InChI=1S/C19H26BrN3O.HI/c1-19(2)16(13-8-9-24-17(13)19)23-18(21-3)22-15-10-14(15)11-4-6-12(20)7-5-11;/h4-7,13-17H,8-10H2,1-3H3,(H2,21,22,23);1H. The van der Waals surface area contributed by atoms with Gasteiger partial charge in [0.15, 0.2) is 5.96 Å². The Kier molecular flexibility index (Phi) is 5.71.